The van der Waals surface area contributed by atoms with Gasteiger partial charge in [0.15, 0.2) is 5.78 Å². The second kappa shape index (κ2) is 10.4. The van der Waals surface area contributed by atoms with Gasteiger partial charge in [-0.05, 0) is 80.3 Å². The summed E-state index contributed by atoms with van der Waals surface area (Å²) in [6.07, 6.45) is 7.24. The summed E-state index contributed by atoms with van der Waals surface area (Å²) in [5.74, 6) is -0.0572. The van der Waals surface area contributed by atoms with Crippen LogP contribution in [0.15, 0.2) is 58.3 Å². The van der Waals surface area contributed by atoms with Gasteiger partial charge in [-0.25, -0.2) is 8.42 Å². The lowest BCUT2D eigenvalue weighted by molar-refractivity contribution is -0.125. The van der Waals surface area contributed by atoms with Crippen molar-refractivity contribution in [1.82, 2.24) is 4.90 Å². The molecule has 7 nitrogen and oxygen atoms in total. The van der Waals surface area contributed by atoms with E-state index in [4.69, 9.17) is 0 Å². The number of amides is 2. The first kappa shape index (κ1) is 25.2. The number of nitrogens with one attached hydrogen (secondary N) is 1. The van der Waals surface area contributed by atoms with E-state index in [1.807, 2.05) is 6.92 Å². The average Bonchev–Trinajstić information content (AvgIpc) is 3.12. The molecule has 0 spiro atoms. The van der Waals surface area contributed by atoms with Crippen molar-refractivity contribution in [3.05, 3.63) is 64.6 Å². The van der Waals surface area contributed by atoms with E-state index >= 15 is 0 Å². The molecule has 2 amide bonds. The number of Topliss-reactive ketones (excluding diaryl/α,β-unsaturated/α-hetero) is 1. The van der Waals surface area contributed by atoms with E-state index in [9.17, 15) is 22.8 Å². The van der Waals surface area contributed by atoms with Crippen molar-refractivity contribution >= 4 is 50.5 Å². The molecule has 2 aromatic rings. The van der Waals surface area contributed by atoms with Crippen LogP contribution >= 0.6 is 11.8 Å². The Morgan fingerprint density at radius 1 is 1.03 bits per heavy atom. The highest BCUT2D eigenvalue weighted by atomic mass is 32.2. The Labute approximate surface area is 210 Å². The van der Waals surface area contributed by atoms with Gasteiger partial charge in [0.05, 0.1) is 9.80 Å². The largest absolute Gasteiger partial charge is 0.295 e. The number of imide groups is 1. The summed E-state index contributed by atoms with van der Waals surface area (Å²) >= 11 is 0.947. The van der Waals surface area contributed by atoms with Crippen LogP contribution in [0.25, 0.3) is 6.08 Å². The fourth-order valence-electron chi connectivity index (χ4n) is 4.54. The van der Waals surface area contributed by atoms with Crippen LogP contribution in [0.1, 0.15) is 61.9 Å². The Morgan fingerprint density at radius 2 is 1.66 bits per heavy atom. The van der Waals surface area contributed by atoms with Crippen molar-refractivity contribution in [2.75, 3.05) is 4.72 Å². The van der Waals surface area contributed by atoms with Crippen LogP contribution in [0.5, 0.6) is 0 Å². The Balaban J connectivity index is 1.45. The molecular formula is C26H28N2O5S2. The average molecular weight is 513 g/mol. The Hall–Kier alpha value is -2.91. The van der Waals surface area contributed by atoms with Gasteiger partial charge in [0.25, 0.3) is 21.2 Å². The van der Waals surface area contributed by atoms with Gasteiger partial charge < -0.3 is 0 Å². The fourth-order valence-corrected chi connectivity index (χ4v) is 6.51. The van der Waals surface area contributed by atoms with Gasteiger partial charge in [-0.15, -0.1) is 0 Å². The first-order chi connectivity index (χ1) is 16.7. The van der Waals surface area contributed by atoms with Crippen molar-refractivity contribution in [2.45, 2.75) is 56.9 Å². The molecule has 1 aliphatic carbocycles. The van der Waals surface area contributed by atoms with Gasteiger partial charge in [-0.3, -0.25) is 24.0 Å². The SMILES string of the molecule is CC(=O)c1ccc(S(=O)(=O)Nc2ccc(/C=C3\SC(=O)N(C(C)C4CCCCC4)C3=O)cc2)cc1. The molecule has 2 aromatic carbocycles. The first-order valence-corrected chi connectivity index (χ1v) is 14.0. The van der Waals surface area contributed by atoms with Crippen molar-refractivity contribution in [3.8, 4) is 0 Å². The molecule has 1 atom stereocenters. The Morgan fingerprint density at radius 3 is 2.26 bits per heavy atom. The van der Waals surface area contributed by atoms with Crippen LogP contribution in [0.4, 0.5) is 10.5 Å². The Bertz CT molecular complexity index is 1260. The third kappa shape index (κ3) is 5.67. The smallest absolute Gasteiger partial charge is 0.293 e. The normalized spacial score (nSPS) is 19.3. The number of nitrogens with zero attached hydrogens (tertiary/aromatic N) is 1. The van der Waals surface area contributed by atoms with E-state index in [1.165, 1.54) is 42.5 Å². The highest BCUT2D eigenvalue weighted by molar-refractivity contribution is 8.18. The van der Waals surface area contributed by atoms with Crippen LogP contribution < -0.4 is 4.72 Å². The van der Waals surface area contributed by atoms with Gasteiger partial charge in [-0.1, -0.05) is 43.5 Å². The summed E-state index contributed by atoms with van der Waals surface area (Å²) < 4.78 is 27.8. The number of thioether (sulfide) groups is 1. The van der Waals surface area contributed by atoms with Crippen molar-refractivity contribution in [2.24, 2.45) is 5.92 Å². The van der Waals surface area contributed by atoms with E-state index in [1.54, 1.807) is 30.3 Å². The number of benzene rings is 2. The number of rotatable bonds is 7. The second-order valence-electron chi connectivity index (χ2n) is 9.00. The predicted molar refractivity (Wildman–Crippen MR) is 138 cm³/mol. The van der Waals surface area contributed by atoms with Crippen LogP contribution in [0.2, 0.25) is 0 Å². The number of hydrogen-bond donors (Lipinski definition) is 1. The lowest BCUT2D eigenvalue weighted by Crippen LogP contribution is -2.42. The maximum atomic E-state index is 13.0. The molecular weight excluding hydrogens is 484 g/mol. The highest BCUT2D eigenvalue weighted by Crippen LogP contribution is 2.38. The molecule has 1 unspecified atom stereocenters. The summed E-state index contributed by atoms with van der Waals surface area (Å²) in [4.78, 5) is 38.8. The molecule has 1 N–H and O–H groups in total. The topological polar surface area (TPSA) is 101 Å². The zero-order chi connectivity index (χ0) is 25.2. The molecule has 35 heavy (non-hydrogen) atoms. The molecule has 1 aliphatic heterocycles. The van der Waals surface area contributed by atoms with Crippen LogP contribution in [-0.4, -0.2) is 36.3 Å². The molecule has 1 heterocycles. The number of carbonyl (C=O) groups is 3. The Kier molecular flexibility index (Phi) is 7.47. The summed E-state index contributed by atoms with van der Waals surface area (Å²) in [5.41, 5.74) is 1.48. The van der Waals surface area contributed by atoms with Gasteiger partial charge >= 0.3 is 0 Å². The van der Waals surface area contributed by atoms with Crippen LogP contribution in [0, 0.1) is 5.92 Å². The molecule has 2 aliphatic rings. The first-order valence-electron chi connectivity index (χ1n) is 11.7. The lowest BCUT2D eigenvalue weighted by atomic mass is 9.84. The maximum absolute atomic E-state index is 13.0. The monoisotopic (exact) mass is 512 g/mol. The molecule has 1 saturated heterocycles. The molecule has 0 bridgehead atoms. The number of sulfonamides is 1. The fraction of sp³-hybridized carbons (Fsp3) is 0.346. The minimum atomic E-state index is -3.82. The zero-order valence-electron chi connectivity index (χ0n) is 19.7. The summed E-state index contributed by atoms with van der Waals surface area (Å²) in [7, 11) is -3.82. The zero-order valence-corrected chi connectivity index (χ0v) is 21.3. The summed E-state index contributed by atoms with van der Waals surface area (Å²) in [5, 5.41) is -0.237. The molecule has 184 valence electrons. The van der Waals surface area contributed by atoms with Crippen molar-refractivity contribution in [3.63, 3.8) is 0 Å². The van der Waals surface area contributed by atoms with Gasteiger partial charge in [0.1, 0.15) is 0 Å². The lowest BCUT2D eigenvalue weighted by Gasteiger charge is -2.32. The number of ketones is 1. The minimum absolute atomic E-state index is 0.0485. The van der Waals surface area contributed by atoms with Gasteiger partial charge in [0, 0.05) is 17.3 Å². The minimum Gasteiger partial charge on any atom is -0.295 e. The van der Waals surface area contributed by atoms with E-state index in [-0.39, 0.29) is 27.9 Å². The van der Waals surface area contributed by atoms with Crippen molar-refractivity contribution < 1.29 is 22.8 Å². The third-order valence-corrected chi connectivity index (χ3v) is 8.88. The van der Waals surface area contributed by atoms with E-state index < -0.39 is 10.0 Å². The molecule has 2 fully saturated rings. The molecule has 0 radical (unpaired) electrons. The predicted octanol–water partition coefficient (Wildman–Crippen LogP) is 5.70. The quantitative estimate of drug-likeness (QED) is 0.378. The van der Waals surface area contributed by atoms with E-state index in [2.05, 4.69) is 4.72 Å². The number of carbonyl (C=O) groups excluding carboxylic acids is 3. The number of hydrogen-bond acceptors (Lipinski definition) is 6. The van der Waals surface area contributed by atoms with Crippen LogP contribution in [-0.2, 0) is 14.8 Å². The summed E-state index contributed by atoms with van der Waals surface area (Å²) in [6.45, 7) is 3.38. The molecule has 4 rings (SSSR count). The van der Waals surface area contributed by atoms with E-state index in [0.29, 0.717) is 27.6 Å². The van der Waals surface area contributed by atoms with Gasteiger partial charge in [0.2, 0.25) is 0 Å². The maximum Gasteiger partial charge on any atom is 0.293 e. The second-order valence-corrected chi connectivity index (χ2v) is 11.7. The third-order valence-electron chi connectivity index (χ3n) is 6.59. The van der Waals surface area contributed by atoms with Gasteiger partial charge in [-0.2, -0.15) is 0 Å². The van der Waals surface area contributed by atoms with Crippen molar-refractivity contribution in [1.29, 1.82) is 0 Å². The van der Waals surface area contributed by atoms with Crippen LogP contribution in [0.3, 0.4) is 0 Å². The van der Waals surface area contributed by atoms with E-state index in [0.717, 1.165) is 37.4 Å². The highest BCUT2D eigenvalue weighted by Gasteiger charge is 2.40. The molecule has 9 heteroatoms. The molecule has 1 saturated carbocycles. The standard InChI is InChI=1S/C26H28N2O5S2/c1-17(20-6-4-3-5-7-20)28-25(30)24(34-26(28)31)16-19-8-12-22(13-9-19)27-35(32,33)23-14-10-21(11-15-23)18(2)29/h8-17,20,27H,3-7H2,1-2H3/b24-16-. The number of anilines is 1. The summed E-state index contributed by atoms with van der Waals surface area (Å²) in [6, 6.07) is 12.2. The molecule has 0 aromatic heterocycles.